The Morgan fingerprint density at radius 2 is 1.93 bits per heavy atom. The molecule has 15 heavy (non-hydrogen) atoms. The van der Waals surface area contributed by atoms with E-state index in [2.05, 4.69) is 9.97 Å². The highest BCUT2D eigenvalue weighted by atomic mass is 16.3. The predicted octanol–water partition coefficient (Wildman–Crippen LogP) is 2.11. The van der Waals surface area contributed by atoms with E-state index in [1.165, 1.54) is 0 Å². The van der Waals surface area contributed by atoms with Crippen LogP contribution in [-0.2, 0) is 0 Å². The molecule has 0 amide bonds. The van der Waals surface area contributed by atoms with E-state index in [0.717, 1.165) is 22.4 Å². The molecule has 0 saturated carbocycles. The molecule has 0 spiro atoms. The molecule has 0 bridgehead atoms. The number of aromatic nitrogens is 2. The highest BCUT2D eigenvalue weighted by Gasteiger charge is 2.15. The summed E-state index contributed by atoms with van der Waals surface area (Å²) in [6, 6.07) is 6.00. The minimum Gasteiger partial charge on any atom is -0.382 e. The summed E-state index contributed by atoms with van der Waals surface area (Å²) in [5, 5.41) is 10.2. The zero-order valence-corrected chi connectivity index (χ0v) is 8.86. The summed E-state index contributed by atoms with van der Waals surface area (Å²) in [5.74, 6) is 0. The van der Waals surface area contributed by atoms with Crippen LogP contribution in [0.25, 0.3) is 0 Å². The van der Waals surface area contributed by atoms with Gasteiger partial charge in [0, 0.05) is 0 Å². The zero-order chi connectivity index (χ0) is 10.8. The lowest BCUT2D eigenvalue weighted by atomic mass is 9.96. The van der Waals surface area contributed by atoms with Gasteiger partial charge in [0.2, 0.25) is 0 Å². The topological polar surface area (TPSA) is 48.9 Å². The van der Waals surface area contributed by atoms with Gasteiger partial charge in [-0.15, -0.1) is 0 Å². The van der Waals surface area contributed by atoms with Gasteiger partial charge in [-0.2, -0.15) is 0 Å². The van der Waals surface area contributed by atoms with Crippen molar-refractivity contribution in [1.82, 2.24) is 9.97 Å². The molecule has 1 atom stereocenters. The van der Waals surface area contributed by atoms with Gasteiger partial charge in [0.05, 0.1) is 18.2 Å². The number of nitrogens with zero attached hydrogens (tertiary/aromatic N) is 1. The normalized spacial score (nSPS) is 12.7. The molecule has 0 radical (unpaired) electrons. The van der Waals surface area contributed by atoms with E-state index in [9.17, 15) is 5.11 Å². The maximum absolute atomic E-state index is 10.2. The fourth-order valence-corrected chi connectivity index (χ4v) is 1.83. The van der Waals surface area contributed by atoms with Gasteiger partial charge in [-0.05, 0) is 30.5 Å². The van der Waals surface area contributed by atoms with E-state index < -0.39 is 6.10 Å². The number of rotatable bonds is 2. The molecule has 78 valence electrons. The Morgan fingerprint density at radius 1 is 1.27 bits per heavy atom. The lowest BCUT2D eigenvalue weighted by Crippen LogP contribution is -2.04. The maximum Gasteiger partial charge on any atom is 0.121 e. The van der Waals surface area contributed by atoms with Crippen LogP contribution < -0.4 is 0 Å². The summed E-state index contributed by atoms with van der Waals surface area (Å²) in [6.45, 7) is 4.00. The van der Waals surface area contributed by atoms with Crippen molar-refractivity contribution < 1.29 is 5.11 Å². The minimum absolute atomic E-state index is 0.617. The second-order valence-electron chi connectivity index (χ2n) is 3.71. The molecule has 2 N–H and O–H groups in total. The molecule has 2 rings (SSSR count). The van der Waals surface area contributed by atoms with E-state index in [1.54, 1.807) is 12.5 Å². The third-order valence-corrected chi connectivity index (χ3v) is 2.63. The maximum atomic E-state index is 10.2. The fourth-order valence-electron chi connectivity index (χ4n) is 1.83. The number of benzene rings is 1. The number of nitrogens with one attached hydrogen (secondary N) is 1. The first-order valence-corrected chi connectivity index (χ1v) is 4.92. The number of hydrogen-bond donors (Lipinski definition) is 2. The van der Waals surface area contributed by atoms with Crippen molar-refractivity contribution in [3.8, 4) is 0 Å². The van der Waals surface area contributed by atoms with Gasteiger partial charge in [-0.1, -0.05) is 18.2 Å². The summed E-state index contributed by atoms with van der Waals surface area (Å²) in [6.07, 6.45) is 2.61. The van der Waals surface area contributed by atoms with Crippen LogP contribution >= 0.6 is 0 Å². The van der Waals surface area contributed by atoms with Crippen molar-refractivity contribution in [1.29, 1.82) is 0 Å². The monoisotopic (exact) mass is 202 g/mol. The second kappa shape index (κ2) is 3.87. The molecular weight excluding hydrogens is 188 g/mol. The standard InChI is InChI=1S/C12H14N2O/c1-8-4-3-5-9(2)11(8)12(15)10-6-13-7-14-10/h3-7,12,15H,1-2H3,(H,13,14). The molecule has 1 unspecified atom stereocenters. The van der Waals surface area contributed by atoms with Crippen LogP contribution in [0.2, 0.25) is 0 Å². The number of aromatic amines is 1. The Balaban J connectivity index is 2.46. The number of imidazole rings is 1. The van der Waals surface area contributed by atoms with Gasteiger partial charge in [-0.25, -0.2) is 4.98 Å². The predicted molar refractivity (Wildman–Crippen MR) is 58.6 cm³/mol. The average Bonchev–Trinajstić information content (AvgIpc) is 2.69. The molecule has 1 aromatic carbocycles. The molecular formula is C12H14N2O. The van der Waals surface area contributed by atoms with Crippen LogP contribution in [0.1, 0.15) is 28.5 Å². The summed E-state index contributed by atoms with van der Waals surface area (Å²) in [4.78, 5) is 6.84. The fraction of sp³-hybridized carbons (Fsp3) is 0.250. The molecule has 0 aliphatic heterocycles. The molecule has 0 fully saturated rings. The number of aliphatic hydroxyl groups is 1. The van der Waals surface area contributed by atoms with Crippen molar-refractivity contribution in [2.24, 2.45) is 0 Å². The largest absolute Gasteiger partial charge is 0.382 e. The summed E-state index contributed by atoms with van der Waals surface area (Å²) in [5.41, 5.74) is 3.88. The van der Waals surface area contributed by atoms with Crippen LogP contribution in [0, 0.1) is 13.8 Å². The van der Waals surface area contributed by atoms with Crippen molar-refractivity contribution in [3.05, 3.63) is 53.1 Å². The third kappa shape index (κ3) is 1.78. The van der Waals surface area contributed by atoms with Gasteiger partial charge >= 0.3 is 0 Å². The molecule has 3 nitrogen and oxygen atoms in total. The highest BCUT2D eigenvalue weighted by Crippen LogP contribution is 2.25. The van der Waals surface area contributed by atoms with Crippen molar-refractivity contribution >= 4 is 0 Å². The van der Waals surface area contributed by atoms with E-state index in [4.69, 9.17) is 0 Å². The SMILES string of the molecule is Cc1cccc(C)c1C(O)c1cnc[nH]1. The lowest BCUT2D eigenvalue weighted by Gasteiger charge is -2.14. The molecule has 3 heteroatoms. The van der Waals surface area contributed by atoms with Crippen LogP contribution in [0.15, 0.2) is 30.7 Å². The van der Waals surface area contributed by atoms with Crippen LogP contribution in [0.4, 0.5) is 0 Å². The van der Waals surface area contributed by atoms with Gasteiger partial charge < -0.3 is 10.1 Å². The first-order chi connectivity index (χ1) is 7.20. The lowest BCUT2D eigenvalue weighted by molar-refractivity contribution is 0.214. The smallest absolute Gasteiger partial charge is 0.121 e. The summed E-state index contributed by atoms with van der Waals surface area (Å²) < 4.78 is 0. The Morgan fingerprint density at radius 3 is 2.47 bits per heavy atom. The summed E-state index contributed by atoms with van der Waals surface area (Å²) in [7, 11) is 0. The van der Waals surface area contributed by atoms with Gasteiger partial charge in [0.1, 0.15) is 6.10 Å². The minimum atomic E-state index is -0.617. The second-order valence-corrected chi connectivity index (χ2v) is 3.71. The first kappa shape index (κ1) is 9.93. The molecule has 2 aromatic rings. The third-order valence-electron chi connectivity index (χ3n) is 2.63. The van der Waals surface area contributed by atoms with Gasteiger partial charge in [0.15, 0.2) is 0 Å². The van der Waals surface area contributed by atoms with Crippen molar-refractivity contribution in [2.75, 3.05) is 0 Å². The quantitative estimate of drug-likeness (QED) is 0.783. The van der Waals surface area contributed by atoms with Crippen molar-refractivity contribution in [3.63, 3.8) is 0 Å². The van der Waals surface area contributed by atoms with Crippen LogP contribution in [-0.4, -0.2) is 15.1 Å². The van der Waals surface area contributed by atoms with Gasteiger partial charge in [0.25, 0.3) is 0 Å². The van der Waals surface area contributed by atoms with E-state index in [-0.39, 0.29) is 0 Å². The number of H-pyrrole nitrogens is 1. The summed E-state index contributed by atoms with van der Waals surface area (Å²) >= 11 is 0. The van der Waals surface area contributed by atoms with Crippen LogP contribution in [0.5, 0.6) is 0 Å². The Hall–Kier alpha value is -1.61. The zero-order valence-electron chi connectivity index (χ0n) is 8.86. The van der Waals surface area contributed by atoms with E-state index in [1.807, 2.05) is 32.0 Å². The molecule has 1 aromatic heterocycles. The van der Waals surface area contributed by atoms with Gasteiger partial charge in [-0.3, -0.25) is 0 Å². The molecule has 0 aliphatic rings. The number of aryl methyl sites for hydroxylation is 2. The van der Waals surface area contributed by atoms with E-state index in [0.29, 0.717) is 0 Å². The highest BCUT2D eigenvalue weighted by molar-refractivity contribution is 5.38. The Labute approximate surface area is 88.8 Å². The molecule has 0 aliphatic carbocycles. The Kier molecular flexibility index (Phi) is 2.56. The Bertz CT molecular complexity index is 428. The first-order valence-electron chi connectivity index (χ1n) is 4.92. The molecule has 1 heterocycles. The van der Waals surface area contributed by atoms with Crippen molar-refractivity contribution in [2.45, 2.75) is 20.0 Å². The molecule has 0 saturated heterocycles. The van der Waals surface area contributed by atoms with Crippen LogP contribution in [0.3, 0.4) is 0 Å². The van der Waals surface area contributed by atoms with E-state index >= 15 is 0 Å². The number of hydrogen-bond acceptors (Lipinski definition) is 2. The average molecular weight is 202 g/mol. The number of aliphatic hydroxyl groups excluding tert-OH is 1.